The van der Waals surface area contributed by atoms with Crippen LogP contribution < -0.4 is 9.64 Å². The lowest BCUT2D eigenvalue weighted by Gasteiger charge is -2.27. The molecule has 1 heterocycles. The molecule has 1 fully saturated rings. The number of ether oxygens (including phenoxy) is 2. The van der Waals surface area contributed by atoms with E-state index in [4.69, 9.17) is 9.47 Å². The summed E-state index contributed by atoms with van der Waals surface area (Å²) in [7, 11) is 1.58. The summed E-state index contributed by atoms with van der Waals surface area (Å²) in [6, 6.07) is 10.5. The molecule has 0 saturated carbocycles. The molecule has 0 radical (unpaired) electrons. The molecule has 1 N–H and O–H groups in total. The smallest absolute Gasteiger partial charge is 0.257 e. The highest BCUT2D eigenvalue weighted by molar-refractivity contribution is 5.94. The number of rotatable bonds is 8. The highest BCUT2D eigenvalue weighted by Gasteiger charge is 2.22. The van der Waals surface area contributed by atoms with E-state index in [1.165, 1.54) is 11.0 Å². The van der Waals surface area contributed by atoms with Crippen LogP contribution in [0, 0.1) is 11.6 Å². The molecule has 0 spiro atoms. The summed E-state index contributed by atoms with van der Waals surface area (Å²) >= 11 is 0. The summed E-state index contributed by atoms with van der Waals surface area (Å²) in [5, 5.41) is 0. The molecule has 156 valence electrons. The Hall–Kier alpha value is -2.51. The summed E-state index contributed by atoms with van der Waals surface area (Å²) < 4.78 is 38.3. The third-order valence-electron chi connectivity index (χ3n) is 5.16. The maximum atomic E-state index is 14.2. The number of halogens is 2. The summed E-state index contributed by atoms with van der Waals surface area (Å²) in [4.78, 5) is 16.1. The van der Waals surface area contributed by atoms with E-state index < -0.39 is 17.5 Å². The van der Waals surface area contributed by atoms with Crippen LogP contribution in [0.2, 0.25) is 0 Å². The third kappa shape index (κ3) is 5.74. The van der Waals surface area contributed by atoms with Crippen molar-refractivity contribution in [2.24, 2.45) is 0 Å². The van der Waals surface area contributed by atoms with E-state index in [2.05, 4.69) is 0 Å². The SMILES string of the molecule is COc1ccccc1CN(CCC[NH+]1CCOCC1)C(=O)c1ccc(F)cc1F. The van der Waals surface area contributed by atoms with Crippen molar-refractivity contribution in [3.05, 3.63) is 65.2 Å². The van der Waals surface area contributed by atoms with Crippen LogP contribution in [0.4, 0.5) is 8.78 Å². The van der Waals surface area contributed by atoms with E-state index in [1.807, 2.05) is 24.3 Å². The molecule has 7 heteroatoms. The average Bonchev–Trinajstić information content (AvgIpc) is 2.73. The number of nitrogens with one attached hydrogen (secondary N) is 1. The molecular weight excluding hydrogens is 378 g/mol. The molecule has 2 aromatic rings. The Bertz CT molecular complexity index is 825. The van der Waals surface area contributed by atoms with Gasteiger partial charge in [-0.05, 0) is 18.2 Å². The maximum Gasteiger partial charge on any atom is 0.257 e. The van der Waals surface area contributed by atoms with Gasteiger partial charge in [0.05, 0.1) is 32.4 Å². The van der Waals surface area contributed by atoms with Gasteiger partial charge in [0.25, 0.3) is 5.91 Å². The Labute approximate surface area is 169 Å². The predicted molar refractivity (Wildman–Crippen MR) is 105 cm³/mol. The predicted octanol–water partition coefficient (Wildman–Crippen LogP) is 1.92. The number of morpholine rings is 1. The molecule has 0 aromatic heterocycles. The fourth-order valence-corrected chi connectivity index (χ4v) is 3.55. The zero-order chi connectivity index (χ0) is 20.6. The van der Waals surface area contributed by atoms with Crippen LogP contribution in [0.15, 0.2) is 42.5 Å². The Morgan fingerprint density at radius 2 is 1.93 bits per heavy atom. The number of hydrogen-bond donors (Lipinski definition) is 1. The van der Waals surface area contributed by atoms with Crippen LogP contribution in [-0.4, -0.2) is 57.3 Å². The second kappa shape index (κ2) is 10.3. The molecule has 0 atom stereocenters. The number of carbonyl (C=O) groups excluding carboxylic acids is 1. The average molecular weight is 405 g/mol. The lowest BCUT2D eigenvalue weighted by Crippen LogP contribution is -3.14. The number of benzene rings is 2. The van der Waals surface area contributed by atoms with E-state index in [9.17, 15) is 13.6 Å². The van der Waals surface area contributed by atoms with Crippen LogP contribution in [0.3, 0.4) is 0 Å². The summed E-state index contributed by atoms with van der Waals surface area (Å²) in [5.41, 5.74) is 0.713. The summed E-state index contributed by atoms with van der Waals surface area (Å²) in [6.07, 6.45) is 0.777. The van der Waals surface area contributed by atoms with E-state index in [0.717, 1.165) is 57.0 Å². The fourth-order valence-electron chi connectivity index (χ4n) is 3.55. The van der Waals surface area contributed by atoms with Gasteiger partial charge in [0.2, 0.25) is 0 Å². The highest BCUT2D eigenvalue weighted by Crippen LogP contribution is 2.21. The normalized spacial score (nSPS) is 14.6. The van der Waals surface area contributed by atoms with Crippen molar-refractivity contribution in [3.63, 3.8) is 0 Å². The van der Waals surface area contributed by atoms with Crippen molar-refractivity contribution in [1.82, 2.24) is 4.90 Å². The standard InChI is InChI=1S/C22H26F2N2O3/c1-28-21-6-3-2-5-17(21)16-26(10-4-9-25-11-13-29-14-12-25)22(27)19-8-7-18(23)15-20(19)24/h2-3,5-8,15H,4,9-14,16H2,1H3/p+1. The van der Waals surface area contributed by atoms with Crippen LogP contribution in [0.1, 0.15) is 22.3 Å². The largest absolute Gasteiger partial charge is 0.496 e. The molecular formula is C22H27F2N2O3+. The number of para-hydroxylation sites is 1. The molecule has 1 saturated heterocycles. The van der Waals surface area contributed by atoms with Gasteiger partial charge in [-0.25, -0.2) is 8.78 Å². The summed E-state index contributed by atoms with van der Waals surface area (Å²) in [6.45, 7) is 5.07. The Kier molecular flexibility index (Phi) is 7.55. The first-order valence-electron chi connectivity index (χ1n) is 9.86. The third-order valence-corrected chi connectivity index (χ3v) is 5.16. The maximum absolute atomic E-state index is 14.2. The first-order chi connectivity index (χ1) is 14.1. The topological polar surface area (TPSA) is 43.2 Å². The number of hydrogen-bond acceptors (Lipinski definition) is 3. The number of amides is 1. The van der Waals surface area contributed by atoms with E-state index in [-0.39, 0.29) is 12.1 Å². The monoisotopic (exact) mass is 405 g/mol. The molecule has 29 heavy (non-hydrogen) atoms. The number of carbonyl (C=O) groups is 1. The van der Waals surface area contributed by atoms with Gasteiger partial charge in [-0.15, -0.1) is 0 Å². The number of methoxy groups -OCH3 is 1. The Morgan fingerprint density at radius 1 is 1.17 bits per heavy atom. The number of quaternary nitrogens is 1. The Morgan fingerprint density at radius 3 is 2.66 bits per heavy atom. The fraction of sp³-hybridized carbons (Fsp3) is 0.409. The zero-order valence-electron chi connectivity index (χ0n) is 16.6. The van der Waals surface area contributed by atoms with E-state index in [1.54, 1.807) is 12.0 Å². The minimum atomic E-state index is -0.848. The lowest BCUT2D eigenvalue weighted by atomic mass is 10.1. The molecule has 1 aliphatic heterocycles. The van der Waals surface area contributed by atoms with Gasteiger partial charge in [0, 0.05) is 31.1 Å². The van der Waals surface area contributed by atoms with Crippen LogP contribution >= 0.6 is 0 Å². The second-order valence-electron chi connectivity index (χ2n) is 7.13. The van der Waals surface area contributed by atoms with Crippen LogP contribution in [-0.2, 0) is 11.3 Å². The minimum Gasteiger partial charge on any atom is -0.496 e. The Balaban J connectivity index is 1.75. The molecule has 3 rings (SSSR count). The molecule has 2 aromatic carbocycles. The van der Waals surface area contributed by atoms with Crippen LogP contribution in [0.5, 0.6) is 5.75 Å². The molecule has 0 bridgehead atoms. The number of nitrogens with zero attached hydrogens (tertiary/aromatic N) is 1. The second-order valence-corrected chi connectivity index (χ2v) is 7.13. The highest BCUT2D eigenvalue weighted by atomic mass is 19.1. The van der Waals surface area contributed by atoms with Crippen LogP contribution in [0.25, 0.3) is 0 Å². The molecule has 1 amide bonds. The van der Waals surface area contributed by atoms with E-state index in [0.29, 0.717) is 12.3 Å². The van der Waals surface area contributed by atoms with Crippen molar-refractivity contribution in [1.29, 1.82) is 0 Å². The van der Waals surface area contributed by atoms with E-state index >= 15 is 0 Å². The molecule has 5 nitrogen and oxygen atoms in total. The zero-order valence-corrected chi connectivity index (χ0v) is 16.6. The van der Waals surface area contributed by atoms with Crippen molar-refractivity contribution in [2.45, 2.75) is 13.0 Å². The van der Waals surface area contributed by atoms with Gasteiger partial charge in [-0.1, -0.05) is 18.2 Å². The van der Waals surface area contributed by atoms with Gasteiger partial charge in [-0.3, -0.25) is 4.79 Å². The van der Waals surface area contributed by atoms with Crippen molar-refractivity contribution >= 4 is 5.91 Å². The quantitative estimate of drug-likeness (QED) is 0.730. The molecule has 0 unspecified atom stereocenters. The van der Waals surface area contributed by atoms with Crippen molar-refractivity contribution in [3.8, 4) is 5.75 Å². The molecule has 1 aliphatic rings. The van der Waals surface area contributed by atoms with Gasteiger partial charge in [-0.2, -0.15) is 0 Å². The van der Waals surface area contributed by atoms with Gasteiger partial charge in [0.15, 0.2) is 0 Å². The summed E-state index contributed by atoms with van der Waals surface area (Å²) in [5.74, 6) is -1.33. The van der Waals surface area contributed by atoms with Crippen molar-refractivity contribution in [2.75, 3.05) is 46.5 Å². The van der Waals surface area contributed by atoms with Gasteiger partial charge < -0.3 is 19.3 Å². The first kappa shape index (κ1) is 21.2. The minimum absolute atomic E-state index is 0.125. The molecule has 0 aliphatic carbocycles. The lowest BCUT2D eigenvalue weighted by molar-refractivity contribution is -0.908. The first-order valence-corrected chi connectivity index (χ1v) is 9.86. The van der Waals surface area contributed by atoms with Gasteiger partial charge in [0.1, 0.15) is 30.5 Å². The van der Waals surface area contributed by atoms with Crippen molar-refractivity contribution < 1.29 is 27.9 Å². The van der Waals surface area contributed by atoms with Gasteiger partial charge >= 0.3 is 0 Å².